The van der Waals surface area contributed by atoms with Crippen LogP contribution >= 0.6 is 11.3 Å². The third-order valence-corrected chi connectivity index (χ3v) is 3.29. The van der Waals surface area contributed by atoms with Crippen LogP contribution in [0.25, 0.3) is 10.8 Å². The molecule has 0 aliphatic rings. The molecule has 5 nitrogen and oxygen atoms in total. The predicted octanol–water partition coefficient (Wildman–Crippen LogP) is 4.12. The summed E-state index contributed by atoms with van der Waals surface area (Å²) in [4.78, 5) is 3.97. The van der Waals surface area contributed by atoms with Gasteiger partial charge in [-0.2, -0.15) is 0 Å². The van der Waals surface area contributed by atoms with E-state index in [2.05, 4.69) is 15.2 Å². The molecule has 0 atom stereocenters. The van der Waals surface area contributed by atoms with Crippen LogP contribution in [0.1, 0.15) is 0 Å². The van der Waals surface area contributed by atoms with Crippen molar-refractivity contribution in [3.63, 3.8) is 0 Å². The number of phenols is 2. The number of benzene rings is 2. The average molecular weight is 271 g/mol. The Morgan fingerprint density at radius 2 is 1.95 bits per heavy atom. The molecule has 94 valence electrons. The van der Waals surface area contributed by atoms with Gasteiger partial charge >= 0.3 is 0 Å². The number of hydrogen-bond donors (Lipinski definition) is 2. The maximum atomic E-state index is 10.1. The van der Waals surface area contributed by atoms with Gasteiger partial charge in [0.1, 0.15) is 11.4 Å². The lowest BCUT2D eigenvalue weighted by atomic mass is 10.1. The van der Waals surface area contributed by atoms with Gasteiger partial charge in [-0.3, -0.25) is 0 Å². The van der Waals surface area contributed by atoms with Crippen molar-refractivity contribution >= 4 is 32.9 Å². The highest BCUT2D eigenvalue weighted by Crippen LogP contribution is 2.39. The number of aromatic hydroxyl groups is 2. The van der Waals surface area contributed by atoms with Crippen LogP contribution in [-0.2, 0) is 0 Å². The topological polar surface area (TPSA) is 78.1 Å². The number of rotatable bonds is 2. The monoisotopic (exact) mass is 271 g/mol. The van der Waals surface area contributed by atoms with Gasteiger partial charge in [0.25, 0.3) is 0 Å². The van der Waals surface area contributed by atoms with E-state index >= 15 is 0 Å². The van der Waals surface area contributed by atoms with E-state index in [1.807, 2.05) is 0 Å². The second-order valence-corrected chi connectivity index (χ2v) is 4.70. The standard InChI is InChI=1S/C13H9N3O2S/c17-10-3-1-2-8-4-5-9(12(18)11(8)10)15-16-13-14-6-7-19-13/h1-7,17-18H. The molecule has 0 fully saturated rings. The van der Waals surface area contributed by atoms with Crippen molar-refractivity contribution in [1.82, 2.24) is 4.98 Å². The molecule has 19 heavy (non-hydrogen) atoms. The fourth-order valence-electron chi connectivity index (χ4n) is 1.77. The molecule has 1 heterocycles. The van der Waals surface area contributed by atoms with E-state index in [1.165, 1.54) is 17.4 Å². The maximum Gasteiger partial charge on any atom is 0.229 e. The Morgan fingerprint density at radius 1 is 1.05 bits per heavy atom. The van der Waals surface area contributed by atoms with Gasteiger partial charge in [0, 0.05) is 11.6 Å². The lowest BCUT2D eigenvalue weighted by molar-refractivity contribution is 0.464. The first-order valence-electron chi connectivity index (χ1n) is 5.50. The second kappa shape index (κ2) is 4.66. The van der Waals surface area contributed by atoms with Gasteiger partial charge in [-0.25, -0.2) is 4.98 Å². The Morgan fingerprint density at radius 3 is 2.74 bits per heavy atom. The molecule has 6 heteroatoms. The molecule has 0 bridgehead atoms. The summed E-state index contributed by atoms with van der Waals surface area (Å²) in [5.74, 6) is -0.0720. The molecule has 0 aliphatic carbocycles. The zero-order valence-corrected chi connectivity index (χ0v) is 10.5. The van der Waals surface area contributed by atoms with Crippen molar-refractivity contribution in [2.45, 2.75) is 0 Å². The summed E-state index contributed by atoms with van der Waals surface area (Å²) in [6.07, 6.45) is 1.63. The largest absolute Gasteiger partial charge is 0.507 e. The fourth-order valence-corrected chi connectivity index (χ4v) is 2.23. The highest BCUT2D eigenvalue weighted by Gasteiger charge is 2.09. The SMILES string of the molecule is Oc1cccc2ccc(N=Nc3nccs3)c(O)c12. The van der Waals surface area contributed by atoms with Crippen molar-refractivity contribution in [1.29, 1.82) is 0 Å². The number of nitrogens with zero attached hydrogens (tertiary/aromatic N) is 3. The molecule has 0 spiro atoms. The van der Waals surface area contributed by atoms with E-state index in [1.54, 1.807) is 35.8 Å². The van der Waals surface area contributed by atoms with Crippen LogP contribution in [0.3, 0.4) is 0 Å². The van der Waals surface area contributed by atoms with Crippen LogP contribution in [0, 0.1) is 0 Å². The first kappa shape index (κ1) is 11.6. The molecule has 2 aromatic carbocycles. The summed E-state index contributed by atoms with van der Waals surface area (Å²) in [5, 5.41) is 31.2. The van der Waals surface area contributed by atoms with Gasteiger partial charge < -0.3 is 10.2 Å². The van der Waals surface area contributed by atoms with E-state index in [0.717, 1.165) is 5.39 Å². The van der Waals surface area contributed by atoms with Crippen LogP contribution in [0.2, 0.25) is 0 Å². The number of azo groups is 1. The molecule has 1 aromatic heterocycles. The smallest absolute Gasteiger partial charge is 0.229 e. The van der Waals surface area contributed by atoms with Gasteiger partial charge in [-0.15, -0.1) is 21.6 Å². The van der Waals surface area contributed by atoms with Gasteiger partial charge in [0.05, 0.1) is 5.39 Å². The molecule has 0 radical (unpaired) electrons. The maximum absolute atomic E-state index is 10.1. The number of thiazole rings is 1. The Kier molecular flexibility index (Phi) is 2.85. The molecule has 0 saturated carbocycles. The second-order valence-electron chi connectivity index (χ2n) is 3.82. The fraction of sp³-hybridized carbons (Fsp3) is 0. The van der Waals surface area contributed by atoms with E-state index in [4.69, 9.17) is 0 Å². The highest BCUT2D eigenvalue weighted by molar-refractivity contribution is 7.13. The summed E-state index contributed by atoms with van der Waals surface area (Å²) >= 11 is 1.35. The van der Waals surface area contributed by atoms with E-state index in [-0.39, 0.29) is 11.5 Å². The summed E-state index contributed by atoms with van der Waals surface area (Å²) in [6, 6.07) is 8.45. The van der Waals surface area contributed by atoms with Crippen molar-refractivity contribution in [3.8, 4) is 11.5 Å². The first-order chi connectivity index (χ1) is 9.25. The Labute approximate surface area is 112 Å². The van der Waals surface area contributed by atoms with Crippen LogP contribution in [0.4, 0.5) is 10.8 Å². The molecular formula is C13H9N3O2S. The molecule has 0 aliphatic heterocycles. The predicted molar refractivity (Wildman–Crippen MR) is 73.6 cm³/mol. The van der Waals surface area contributed by atoms with Gasteiger partial charge in [0.15, 0.2) is 5.75 Å². The minimum absolute atomic E-state index is 0.0151. The van der Waals surface area contributed by atoms with Crippen molar-refractivity contribution in [3.05, 3.63) is 41.9 Å². The minimum Gasteiger partial charge on any atom is -0.507 e. The molecule has 0 unspecified atom stereocenters. The summed E-state index contributed by atoms with van der Waals surface area (Å²) in [5.41, 5.74) is 0.296. The Hall–Kier alpha value is -2.47. The van der Waals surface area contributed by atoms with Crippen molar-refractivity contribution in [2.75, 3.05) is 0 Å². The number of aromatic nitrogens is 1. The number of phenolic OH excluding ortho intramolecular Hbond substituents is 2. The summed E-state index contributed by atoms with van der Waals surface area (Å²) in [6.45, 7) is 0. The normalized spacial score (nSPS) is 11.4. The summed E-state index contributed by atoms with van der Waals surface area (Å²) in [7, 11) is 0. The van der Waals surface area contributed by atoms with Crippen LogP contribution in [-0.4, -0.2) is 15.2 Å². The van der Waals surface area contributed by atoms with Crippen LogP contribution in [0.5, 0.6) is 11.5 Å². The summed E-state index contributed by atoms with van der Waals surface area (Å²) < 4.78 is 0. The molecule has 0 saturated heterocycles. The zero-order valence-electron chi connectivity index (χ0n) is 9.69. The zero-order chi connectivity index (χ0) is 13.2. The van der Waals surface area contributed by atoms with Crippen molar-refractivity contribution < 1.29 is 10.2 Å². The first-order valence-corrected chi connectivity index (χ1v) is 6.38. The van der Waals surface area contributed by atoms with E-state index < -0.39 is 0 Å². The quantitative estimate of drug-likeness (QED) is 0.688. The van der Waals surface area contributed by atoms with Gasteiger partial charge in [0.2, 0.25) is 5.13 Å². The lowest BCUT2D eigenvalue weighted by Crippen LogP contribution is -1.76. The number of hydrogen-bond acceptors (Lipinski definition) is 6. The molecule has 3 aromatic rings. The Balaban J connectivity index is 2.10. The van der Waals surface area contributed by atoms with E-state index in [9.17, 15) is 10.2 Å². The third-order valence-electron chi connectivity index (χ3n) is 2.64. The van der Waals surface area contributed by atoms with Gasteiger partial charge in [-0.1, -0.05) is 18.2 Å². The minimum atomic E-state index is -0.0871. The van der Waals surface area contributed by atoms with Crippen LogP contribution < -0.4 is 0 Å². The van der Waals surface area contributed by atoms with Crippen LogP contribution in [0.15, 0.2) is 52.1 Å². The third kappa shape index (κ3) is 2.13. The molecule has 3 rings (SSSR count). The average Bonchev–Trinajstić information content (AvgIpc) is 2.91. The van der Waals surface area contributed by atoms with E-state index in [0.29, 0.717) is 16.2 Å². The molecule has 0 amide bonds. The van der Waals surface area contributed by atoms with Gasteiger partial charge in [-0.05, 0) is 17.5 Å². The lowest BCUT2D eigenvalue weighted by Gasteiger charge is -2.05. The van der Waals surface area contributed by atoms with Crippen molar-refractivity contribution in [2.24, 2.45) is 10.2 Å². The number of fused-ring (bicyclic) bond motifs is 1. The Bertz CT molecular complexity index is 754. The highest BCUT2D eigenvalue weighted by atomic mass is 32.1. The molecule has 2 N–H and O–H groups in total. The molecular weight excluding hydrogens is 262 g/mol.